The molecule has 1 unspecified atom stereocenters. The average molecular weight is 250 g/mol. The Balaban J connectivity index is 2.20. The van der Waals surface area contributed by atoms with E-state index in [0.717, 1.165) is 12.1 Å². The van der Waals surface area contributed by atoms with Gasteiger partial charge in [0.15, 0.2) is 0 Å². The summed E-state index contributed by atoms with van der Waals surface area (Å²) in [5.41, 5.74) is 3.57. The Labute approximate surface area is 106 Å². The zero-order valence-corrected chi connectivity index (χ0v) is 10.9. The summed E-state index contributed by atoms with van der Waals surface area (Å²) in [6.45, 7) is 2.12. The van der Waals surface area contributed by atoms with Crippen LogP contribution in [0, 0.1) is 6.92 Å². The first kappa shape index (κ1) is 12.1. The van der Waals surface area contributed by atoms with E-state index in [1.54, 1.807) is 4.68 Å². The van der Waals surface area contributed by atoms with Crippen molar-refractivity contribution in [3.8, 4) is 0 Å². The minimum absolute atomic E-state index is 0.301. The van der Waals surface area contributed by atoms with Crippen molar-refractivity contribution >= 4 is 11.6 Å². The van der Waals surface area contributed by atoms with Crippen LogP contribution < -0.4 is 0 Å². The van der Waals surface area contributed by atoms with Crippen molar-refractivity contribution in [3.05, 3.63) is 47.3 Å². The zero-order valence-electron chi connectivity index (χ0n) is 10.1. The fourth-order valence-corrected chi connectivity index (χ4v) is 2.31. The molecule has 0 spiro atoms. The highest BCUT2D eigenvalue weighted by atomic mass is 35.5. The summed E-state index contributed by atoms with van der Waals surface area (Å²) >= 11 is 6.08. The SMILES string of the molecule is Cc1ccccc1C(CCl)Cc1cn(C)nn1. The second kappa shape index (κ2) is 5.32. The lowest BCUT2D eigenvalue weighted by Crippen LogP contribution is -2.06. The van der Waals surface area contributed by atoms with Gasteiger partial charge in [-0.3, -0.25) is 4.68 Å². The first-order valence-corrected chi connectivity index (χ1v) is 6.21. The van der Waals surface area contributed by atoms with Crippen LogP contribution in [0.25, 0.3) is 0 Å². The van der Waals surface area contributed by atoms with Crippen LogP contribution in [-0.2, 0) is 13.5 Å². The van der Waals surface area contributed by atoms with Crippen molar-refractivity contribution in [2.75, 3.05) is 5.88 Å². The summed E-state index contributed by atoms with van der Waals surface area (Å²) in [5, 5.41) is 8.06. The number of nitrogens with zero attached hydrogens (tertiary/aromatic N) is 3. The van der Waals surface area contributed by atoms with E-state index in [9.17, 15) is 0 Å². The second-order valence-electron chi connectivity index (χ2n) is 4.30. The van der Waals surface area contributed by atoms with E-state index in [1.165, 1.54) is 11.1 Å². The molecule has 2 aromatic rings. The molecule has 0 bridgehead atoms. The Kier molecular flexibility index (Phi) is 3.79. The number of benzene rings is 1. The summed E-state index contributed by atoms with van der Waals surface area (Å²) < 4.78 is 1.72. The van der Waals surface area contributed by atoms with Gasteiger partial charge in [0.2, 0.25) is 0 Å². The standard InChI is InChI=1S/C13H16ClN3/c1-10-5-3-4-6-13(10)11(8-14)7-12-9-17(2)16-15-12/h3-6,9,11H,7-8H2,1-2H3. The maximum Gasteiger partial charge on any atom is 0.0833 e. The molecule has 0 fully saturated rings. The maximum atomic E-state index is 6.08. The third-order valence-corrected chi connectivity index (χ3v) is 3.29. The van der Waals surface area contributed by atoms with Gasteiger partial charge >= 0.3 is 0 Å². The van der Waals surface area contributed by atoms with Crippen LogP contribution in [0.4, 0.5) is 0 Å². The Hall–Kier alpha value is -1.35. The van der Waals surface area contributed by atoms with Crippen LogP contribution in [0.3, 0.4) is 0 Å². The second-order valence-corrected chi connectivity index (χ2v) is 4.60. The number of alkyl halides is 1. The summed E-state index contributed by atoms with van der Waals surface area (Å²) in [5.74, 6) is 0.899. The van der Waals surface area contributed by atoms with Crippen LogP contribution in [0.5, 0.6) is 0 Å². The van der Waals surface area contributed by atoms with E-state index in [1.807, 2.05) is 19.3 Å². The average Bonchev–Trinajstić information content (AvgIpc) is 2.73. The van der Waals surface area contributed by atoms with Gasteiger partial charge in [0.1, 0.15) is 0 Å². The van der Waals surface area contributed by atoms with Crippen molar-refractivity contribution in [1.29, 1.82) is 0 Å². The number of halogens is 1. The maximum absolute atomic E-state index is 6.08. The fraction of sp³-hybridized carbons (Fsp3) is 0.385. The Bertz CT molecular complexity index is 493. The molecule has 0 aliphatic heterocycles. The molecule has 0 aliphatic carbocycles. The number of aromatic nitrogens is 3. The van der Waals surface area contributed by atoms with E-state index < -0.39 is 0 Å². The van der Waals surface area contributed by atoms with Crippen LogP contribution in [-0.4, -0.2) is 20.9 Å². The summed E-state index contributed by atoms with van der Waals surface area (Å²) in [7, 11) is 1.87. The van der Waals surface area contributed by atoms with Gasteiger partial charge in [-0.2, -0.15) is 0 Å². The number of hydrogen-bond donors (Lipinski definition) is 0. The Morgan fingerprint density at radius 3 is 2.71 bits per heavy atom. The van der Waals surface area contributed by atoms with E-state index in [-0.39, 0.29) is 0 Å². The first-order valence-electron chi connectivity index (χ1n) is 5.67. The number of rotatable bonds is 4. The number of aryl methyl sites for hydroxylation is 2. The van der Waals surface area contributed by atoms with E-state index >= 15 is 0 Å². The molecule has 0 aliphatic rings. The van der Waals surface area contributed by atoms with E-state index in [0.29, 0.717) is 11.8 Å². The molecule has 1 atom stereocenters. The molecule has 0 saturated heterocycles. The highest BCUT2D eigenvalue weighted by Gasteiger charge is 2.14. The molecule has 1 aromatic heterocycles. The molecule has 4 heteroatoms. The summed E-state index contributed by atoms with van der Waals surface area (Å²) in [4.78, 5) is 0. The monoisotopic (exact) mass is 249 g/mol. The Morgan fingerprint density at radius 2 is 2.12 bits per heavy atom. The van der Waals surface area contributed by atoms with Crippen molar-refractivity contribution in [2.45, 2.75) is 19.3 Å². The highest BCUT2D eigenvalue weighted by molar-refractivity contribution is 6.18. The minimum Gasteiger partial charge on any atom is -0.255 e. The first-order chi connectivity index (χ1) is 8.20. The molecule has 0 amide bonds. The lowest BCUT2D eigenvalue weighted by molar-refractivity contribution is 0.706. The van der Waals surface area contributed by atoms with Gasteiger partial charge < -0.3 is 0 Å². The molecule has 0 N–H and O–H groups in total. The van der Waals surface area contributed by atoms with E-state index in [4.69, 9.17) is 11.6 Å². The molecular formula is C13H16ClN3. The van der Waals surface area contributed by atoms with Crippen LogP contribution in [0.1, 0.15) is 22.7 Å². The highest BCUT2D eigenvalue weighted by Crippen LogP contribution is 2.24. The predicted molar refractivity (Wildman–Crippen MR) is 69.3 cm³/mol. The molecule has 3 nitrogen and oxygen atoms in total. The summed E-state index contributed by atoms with van der Waals surface area (Å²) in [6.07, 6.45) is 2.78. The van der Waals surface area contributed by atoms with Gasteiger partial charge in [-0.25, -0.2) is 0 Å². The molecule has 2 rings (SSSR count). The van der Waals surface area contributed by atoms with Crippen molar-refractivity contribution in [1.82, 2.24) is 15.0 Å². The largest absolute Gasteiger partial charge is 0.255 e. The van der Waals surface area contributed by atoms with Gasteiger partial charge in [-0.15, -0.1) is 16.7 Å². The lowest BCUT2D eigenvalue weighted by atomic mass is 9.93. The molecular weight excluding hydrogens is 234 g/mol. The van der Waals surface area contributed by atoms with Crippen molar-refractivity contribution in [3.63, 3.8) is 0 Å². The van der Waals surface area contributed by atoms with Crippen molar-refractivity contribution in [2.24, 2.45) is 7.05 Å². The fourth-order valence-electron chi connectivity index (χ4n) is 2.03. The van der Waals surface area contributed by atoms with Gasteiger partial charge in [0, 0.05) is 31.5 Å². The molecule has 1 heterocycles. The van der Waals surface area contributed by atoms with Gasteiger partial charge in [-0.05, 0) is 18.1 Å². The topological polar surface area (TPSA) is 30.7 Å². The van der Waals surface area contributed by atoms with E-state index in [2.05, 4.69) is 35.4 Å². The van der Waals surface area contributed by atoms with Gasteiger partial charge in [0.05, 0.1) is 5.69 Å². The van der Waals surface area contributed by atoms with Gasteiger partial charge in [-0.1, -0.05) is 29.5 Å². The predicted octanol–water partition coefficient (Wildman–Crippen LogP) is 2.69. The third kappa shape index (κ3) is 2.86. The van der Waals surface area contributed by atoms with Gasteiger partial charge in [0.25, 0.3) is 0 Å². The molecule has 0 radical (unpaired) electrons. The molecule has 1 aromatic carbocycles. The smallest absolute Gasteiger partial charge is 0.0833 e. The quantitative estimate of drug-likeness (QED) is 0.780. The Morgan fingerprint density at radius 1 is 1.35 bits per heavy atom. The third-order valence-electron chi connectivity index (χ3n) is 2.92. The van der Waals surface area contributed by atoms with Crippen molar-refractivity contribution < 1.29 is 0 Å². The number of hydrogen-bond acceptors (Lipinski definition) is 2. The lowest BCUT2D eigenvalue weighted by Gasteiger charge is -2.15. The normalized spacial score (nSPS) is 12.6. The molecule has 0 saturated carbocycles. The summed E-state index contributed by atoms with van der Waals surface area (Å²) in [6, 6.07) is 8.36. The molecule has 17 heavy (non-hydrogen) atoms. The van der Waals surface area contributed by atoms with Crippen LogP contribution in [0.15, 0.2) is 30.5 Å². The minimum atomic E-state index is 0.301. The zero-order chi connectivity index (χ0) is 12.3. The van der Waals surface area contributed by atoms with Crippen LogP contribution in [0.2, 0.25) is 0 Å². The van der Waals surface area contributed by atoms with Crippen LogP contribution >= 0.6 is 11.6 Å². The molecule has 90 valence electrons.